The zero-order chi connectivity index (χ0) is 11.7. The predicted octanol–water partition coefficient (Wildman–Crippen LogP) is 3.94. The summed E-state index contributed by atoms with van der Waals surface area (Å²) in [6, 6.07) is 8.82. The van der Waals surface area contributed by atoms with Gasteiger partial charge in [-0.1, -0.05) is 0 Å². The topological polar surface area (TPSA) is 43.1 Å². The van der Waals surface area contributed by atoms with E-state index in [1.165, 1.54) is 15.3 Å². The summed E-state index contributed by atoms with van der Waals surface area (Å²) in [6.07, 6.45) is 0. The van der Waals surface area contributed by atoms with Gasteiger partial charge < -0.3 is 0 Å². The normalized spacial score (nSPS) is 10.4. The van der Waals surface area contributed by atoms with Crippen molar-refractivity contribution in [3.8, 4) is 10.4 Å². The van der Waals surface area contributed by atoms with Gasteiger partial charge in [-0.2, -0.15) is 0 Å². The summed E-state index contributed by atoms with van der Waals surface area (Å²) in [5.74, 6) is 0. The van der Waals surface area contributed by atoms with E-state index in [0.717, 1.165) is 5.56 Å². The van der Waals surface area contributed by atoms with Gasteiger partial charge in [-0.15, -0.1) is 11.3 Å². The van der Waals surface area contributed by atoms with Crippen LogP contribution < -0.4 is 0 Å². The Kier molecular flexibility index (Phi) is 2.75. The van der Waals surface area contributed by atoms with Gasteiger partial charge in [-0.25, -0.2) is 0 Å². The minimum absolute atomic E-state index is 0.134. The maximum absolute atomic E-state index is 10.5. The molecule has 1 aromatic carbocycles. The van der Waals surface area contributed by atoms with Crippen molar-refractivity contribution in [1.82, 2.24) is 0 Å². The van der Waals surface area contributed by atoms with Crippen molar-refractivity contribution in [3.63, 3.8) is 0 Å². The second-order valence-corrected chi connectivity index (χ2v) is 4.93. The van der Waals surface area contributed by atoms with Gasteiger partial charge in [0.2, 0.25) is 0 Å². The molecule has 82 valence electrons. The van der Waals surface area contributed by atoms with E-state index in [0.29, 0.717) is 0 Å². The van der Waals surface area contributed by atoms with E-state index in [9.17, 15) is 10.1 Å². The van der Waals surface area contributed by atoms with Crippen molar-refractivity contribution in [2.24, 2.45) is 0 Å². The van der Waals surface area contributed by atoms with E-state index in [-0.39, 0.29) is 10.6 Å². The summed E-state index contributed by atoms with van der Waals surface area (Å²) in [4.78, 5) is 12.6. The molecule has 0 radical (unpaired) electrons. The van der Waals surface area contributed by atoms with Crippen LogP contribution in [0.15, 0.2) is 30.3 Å². The van der Waals surface area contributed by atoms with Crippen LogP contribution in [-0.2, 0) is 0 Å². The first-order valence-corrected chi connectivity index (χ1v) is 5.71. The van der Waals surface area contributed by atoms with Gasteiger partial charge in [-0.3, -0.25) is 10.1 Å². The molecule has 0 aliphatic heterocycles. The third-order valence-corrected chi connectivity index (χ3v) is 3.58. The monoisotopic (exact) mass is 233 g/mol. The lowest BCUT2D eigenvalue weighted by Gasteiger charge is -1.99. The van der Waals surface area contributed by atoms with Crippen molar-refractivity contribution in [2.75, 3.05) is 0 Å². The highest BCUT2D eigenvalue weighted by molar-refractivity contribution is 7.15. The van der Waals surface area contributed by atoms with Gasteiger partial charge in [0.15, 0.2) is 0 Å². The Hall–Kier alpha value is -1.68. The van der Waals surface area contributed by atoms with Crippen molar-refractivity contribution in [1.29, 1.82) is 0 Å². The summed E-state index contributed by atoms with van der Waals surface area (Å²) in [5, 5.41) is 10.5. The van der Waals surface area contributed by atoms with Gasteiger partial charge in [0.05, 0.1) is 4.92 Å². The van der Waals surface area contributed by atoms with Crippen LogP contribution in [0.4, 0.5) is 5.69 Å². The average Bonchev–Trinajstić information content (AvgIpc) is 2.58. The lowest BCUT2D eigenvalue weighted by atomic mass is 10.1. The van der Waals surface area contributed by atoms with Crippen molar-refractivity contribution >= 4 is 17.0 Å². The third kappa shape index (κ3) is 1.97. The molecule has 0 unspecified atom stereocenters. The molecule has 2 aromatic rings. The average molecular weight is 233 g/mol. The fourth-order valence-corrected chi connectivity index (χ4v) is 2.69. The van der Waals surface area contributed by atoms with E-state index < -0.39 is 0 Å². The molecule has 0 amide bonds. The SMILES string of the molecule is Cc1cc(C)c(-c2ccc([N+](=O)[O-])cc2)s1. The van der Waals surface area contributed by atoms with Crippen molar-refractivity contribution in [2.45, 2.75) is 13.8 Å². The van der Waals surface area contributed by atoms with E-state index in [2.05, 4.69) is 19.9 Å². The van der Waals surface area contributed by atoms with E-state index in [4.69, 9.17) is 0 Å². The molecule has 0 bridgehead atoms. The van der Waals surface area contributed by atoms with Crippen LogP contribution >= 0.6 is 11.3 Å². The second-order valence-electron chi connectivity index (χ2n) is 3.67. The van der Waals surface area contributed by atoms with Crippen LogP contribution in [0.1, 0.15) is 10.4 Å². The van der Waals surface area contributed by atoms with Gasteiger partial charge in [0.1, 0.15) is 0 Å². The van der Waals surface area contributed by atoms with Gasteiger partial charge in [0.25, 0.3) is 5.69 Å². The lowest BCUT2D eigenvalue weighted by molar-refractivity contribution is -0.384. The highest BCUT2D eigenvalue weighted by Gasteiger charge is 2.08. The molecule has 0 spiro atoms. The summed E-state index contributed by atoms with van der Waals surface area (Å²) in [7, 11) is 0. The molecule has 0 N–H and O–H groups in total. The summed E-state index contributed by atoms with van der Waals surface area (Å²) in [6.45, 7) is 4.12. The van der Waals surface area contributed by atoms with Crippen LogP contribution in [0.25, 0.3) is 10.4 Å². The first-order valence-electron chi connectivity index (χ1n) is 4.90. The van der Waals surface area contributed by atoms with Crippen LogP contribution in [0, 0.1) is 24.0 Å². The first-order chi connectivity index (χ1) is 7.58. The molecule has 16 heavy (non-hydrogen) atoms. The number of hydrogen-bond acceptors (Lipinski definition) is 3. The molecule has 0 aliphatic carbocycles. The molecule has 0 saturated carbocycles. The number of thiophene rings is 1. The second kappa shape index (κ2) is 4.06. The third-order valence-electron chi connectivity index (χ3n) is 2.38. The standard InChI is InChI=1S/C12H11NO2S/c1-8-7-9(2)16-12(8)10-3-5-11(6-4-10)13(14)15/h3-7H,1-2H3. The number of nitrogens with zero attached hydrogens (tertiary/aromatic N) is 1. The number of nitro groups is 1. The van der Waals surface area contributed by atoms with Crippen LogP contribution in [0.5, 0.6) is 0 Å². The highest BCUT2D eigenvalue weighted by atomic mass is 32.1. The largest absolute Gasteiger partial charge is 0.269 e. The highest BCUT2D eigenvalue weighted by Crippen LogP contribution is 2.32. The van der Waals surface area contributed by atoms with E-state index in [1.54, 1.807) is 35.6 Å². The quantitative estimate of drug-likeness (QED) is 0.582. The molecular weight excluding hydrogens is 222 g/mol. The lowest BCUT2D eigenvalue weighted by Crippen LogP contribution is -1.86. The van der Waals surface area contributed by atoms with Gasteiger partial charge in [0, 0.05) is 21.9 Å². The van der Waals surface area contributed by atoms with Crippen LogP contribution in [-0.4, -0.2) is 4.92 Å². The molecule has 0 saturated heterocycles. The molecule has 1 heterocycles. The fraction of sp³-hybridized carbons (Fsp3) is 0.167. The zero-order valence-corrected chi connectivity index (χ0v) is 9.88. The maximum Gasteiger partial charge on any atom is 0.269 e. The molecule has 0 atom stereocenters. The zero-order valence-electron chi connectivity index (χ0n) is 9.06. The Balaban J connectivity index is 2.42. The molecule has 0 aliphatic rings. The first kappa shape index (κ1) is 10.8. The maximum atomic E-state index is 10.5. The number of rotatable bonds is 2. The Labute approximate surface area is 97.5 Å². The van der Waals surface area contributed by atoms with Crippen molar-refractivity contribution < 1.29 is 4.92 Å². The molecule has 2 rings (SSSR count). The summed E-state index contributed by atoms with van der Waals surface area (Å²) < 4.78 is 0. The Morgan fingerprint density at radius 1 is 1.19 bits per heavy atom. The number of non-ortho nitro benzene ring substituents is 1. The van der Waals surface area contributed by atoms with Crippen LogP contribution in [0.2, 0.25) is 0 Å². The predicted molar refractivity (Wildman–Crippen MR) is 65.9 cm³/mol. The Morgan fingerprint density at radius 2 is 1.81 bits per heavy atom. The molecular formula is C12H11NO2S. The number of hydrogen-bond donors (Lipinski definition) is 0. The van der Waals surface area contributed by atoms with E-state index in [1.807, 2.05) is 0 Å². The van der Waals surface area contributed by atoms with Crippen molar-refractivity contribution in [3.05, 3.63) is 50.9 Å². The molecule has 4 heteroatoms. The molecule has 0 fully saturated rings. The van der Waals surface area contributed by atoms with Crippen LogP contribution in [0.3, 0.4) is 0 Å². The summed E-state index contributed by atoms with van der Waals surface area (Å²) in [5.41, 5.74) is 2.40. The molecule has 1 aromatic heterocycles. The smallest absolute Gasteiger partial charge is 0.258 e. The number of nitro benzene ring substituents is 1. The minimum Gasteiger partial charge on any atom is -0.258 e. The van der Waals surface area contributed by atoms with E-state index >= 15 is 0 Å². The summed E-state index contributed by atoms with van der Waals surface area (Å²) >= 11 is 1.71. The number of aryl methyl sites for hydroxylation is 2. The van der Waals surface area contributed by atoms with Gasteiger partial charge >= 0.3 is 0 Å². The van der Waals surface area contributed by atoms with Gasteiger partial charge in [-0.05, 0) is 43.2 Å². The number of benzene rings is 1. The Morgan fingerprint density at radius 3 is 2.25 bits per heavy atom. The molecule has 3 nitrogen and oxygen atoms in total. The Bertz CT molecular complexity index is 528. The minimum atomic E-state index is -0.379. The fourth-order valence-electron chi connectivity index (χ4n) is 1.66.